The van der Waals surface area contributed by atoms with Gasteiger partial charge in [-0.1, -0.05) is 23.8 Å². The van der Waals surface area contributed by atoms with Crippen LogP contribution in [0.1, 0.15) is 5.56 Å². The van der Waals surface area contributed by atoms with E-state index < -0.39 is 32.5 Å². The highest BCUT2D eigenvalue weighted by Gasteiger charge is 2.27. The number of rotatable bonds is 9. The van der Waals surface area contributed by atoms with Crippen LogP contribution in [-0.2, 0) is 24.8 Å². The Morgan fingerprint density at radius 1 is 0.857 bits per heavy atom. The number of ether oxygens (including phenoxy) is 1. The largest absolute Gasteiger partial charge is 0.497 e. The number of carbonyl (C=O) groups excluding carboxylic acids is 1. The van der Waals surface area contributed by atoms with Crippen molar-refractivity contribution in [2.24, 2.45) is 0 Å². The molecule has 186 valence electrons. The van der Waals surface area contributed by atoms with Crippen molar-refractivity contribution in [3.05, 3.63) is 78.4 Å². The maximum atomic E-state index is 13.5. The first-order valence-electron chi connectivity index (χ1n) is 10.5. The van der Waals surface area contributed by atoms with Crippen LogP contribution in [0.25, 0.3) is 0 Å². The Hall–Kier alpha value is -3.41. The number of benzene rings is 3. The number of hydrogen-bond donors (Lipinski definition) is 1. The Labute approximate surface area is 206 Å². The van der Waals surface area contributed by atoms with E-state index in [-0.39, 0.29) is 21.2 Å². The molecular weight excluding hydrogens is 490 g/mol. The fourth-order valence-electron chi connectivity index (χ4n) is 3.18. The topological polar surface area (TPSA) is 113 Å². The predicted octanol–water partition coefficient (Wildman–Crippen LogP) is 3.09. The zero-order valence-corrected chi connectivity index (χ0v) is 21.4. The van der Waals surface area contributed by atoms with E-state index in [4.69, 9.17) is 4.74 Å². The molecule has 0 unspecified atom stereocenters. The van der Waals surface area contributed by atoms with E-state index in [9.17, 15) is 21.6 Å². The molecule has 0 aliphatic rings. The van der Waals surface area contributed by atoms with Gasteiger partial charge >= 0.3 is 0 Å². The minimum absolute atomic E-state index is 0.000382. The van der Waals surface area contributed by atoms with Gasteiger partial charge in [0.05, 0.1) is 22.6 Å². The molecule has 0 aliphatic heterocycles. The number of nitrogens with one attached hydrogen (secondary N) is 1. The second kappa shape index (κ2) is 10.5. The first kappa shape index (κ1) is 26.2. The summed E-state index contributed by atoms with van der Waals surface area (Å²) >= 11 is 0. The lowest BCUT2D eigenvalue weighted by molar-refractivity contribution is -0.114. The minimum Gasteiger partial charge on any atom is -0.497 e. The summed E-state index contributed by atoms with van der Waals surface area (Å²) in [6.45, 7) is 1.31. The van der Waals surface area contributed by atoms with Gasteiger partial charge in [-0.25, -0.2) is 21.1 Å². The summed E-state index contributed by atoms with van der Waals surface area (Å²) < 4.78 is 59.0. The second-order valence-corrected chi connectivity index (χ2v) is 11.9. The molecule has 0 radical (unpaired) electrons. The number of amides is 1. The highest BCUT2D eigenvalue weighted by atomic mass is 32.2. The van der Waals surface area contributed by atoms with Crippen molar-refractivity contribution in [1.29, 1.82) is 0 Å². The predicted molar refractivity (Wildman–Crippen MR) is 135 cm³/mol. The summed E-state index contributed by atoms with van der Waals surface area (Å²) in [6, 6.07) is 18.4. The van der Waals surface area contributed by atoms with Crippen LogP contribution in [0, 0.1) is 6.92 Å². The van der Waals surface area contributed by atoms with Gasteiger partial charge < -0.3 is 10.1 Å². The average molecular weight is 518 g/mol. The maximum Gasteiger partial charge on any atom is 0.264 e. The van der Waals surface area contributed by atoms with E-state index in [1.165, 1.54) is 57.6 Å². The van der Waals surface area contributed by atoms with Gasteiger partial charge in [-0.2, -0.15) is 0 Å². The molecule has 1 N–H and O–H groups in total. The number of methoxy groups -OCH3 is 1. The van der Waals surface area contributed by atoms with Gasteiger partial charge in [0.15, 0.2) is 0 Å². The molecule has 0 aromatic heterocycles. The number of aryl methyl sites for hydroxylation is 1. The summed E-state index contributed by atoms with van der Waals surface area (Å²) in [4.78, 5) is 13.0. The van der Waals surface area contributed by atoms with Gasteiger partial charge in [-0.05, 0) is 61.5 Å². The third-order valence-electron chi connectivity index (χ3n) is 5.15. The molecule has 0 bridgehead atoms. The van der Waals surface area contributed by atoms with Gasteiger partial charge in [0.1, 0.15) is 12.3 Å². The van der Waals surface area contributed by atoms with E-state index in [1.54, 1.807) is 36.4 Å². The zero-order chi connectivity index (χ0) is 25.8. The average Bonchev–Trinajstić information content (AvgIpc) is 2.83. The molecule has 0 aliphatic carbocycles. The van der Waals surface area contributed by atoms with Crippen molar-refractivity contribution in [3.63, 3.8) is 0 Å². The molecule has 0 atom stereocenters. The van der Waals surface area contributed by atoms with Crippen molar-refractivity contribution in [3.8, 4) is 5.75 Å². The quantitative estimate of drug-likeness (QED) is 0.467. The minimum atomic E-state index is -4.09. The monoisotopic (exact) mass is 517 g/mol. The van der Waals surface area contributed by atoms with E-state index in [1.807, 2.05) is 6.92 Å². The molecule has 11 heteroatoms. The number of sulfonamides is 2. The van der Waals surface area contributed by atoms with Gasteiger partial charge in [-0.3, -0.25) is 9.10 Å². The van der Waals surface area contributed by atoms with Gasteiger partial charge in [0, 0.05) is 19.8 Å². The zero-order valence-electron chi connectivity index (χ0n) is 19.8. The molecule has 0 fully saturated rings. The fraction of sp³-hybridized carbons (Fsp3) is 0.208. The molecule has 9 nitrogen and oxygen atoms in total. The van der Waals surface area contributed by atoms with E-state index in [0.29, 0.717) is 5.75 Å². The molecule has 0 heterocycles. The molecule has 0 saturated heterocycles. The van der Waals surface area contributed by atoms with Crippen molar-refractivity contribution < 1.29 is 26.4 Å². The highest BCUT2D eigenvalue weighted by molar-refractivity contribution is 7.92. The van der Waals surface area contributed by atoms with Gasteiger partial charge in [0.2, 0.25) is 15.9 Å². The van der Waals surface area contributed by atoms with Crippen LogP contribution in [0.5, 0.6) is 5.75 Å². The Kier molecular flexibility index (Phi) is 7.83. The Balaban J connectivity index is 1.93. The maximum absolute atomic E-state index is 13.5. The molecule has 0 saturated carbocycles. The summed E-state index contributed by atoms with van der Waals surface area (Å²) in [7, 11) is -3.49. The molecule has 0 spiro atoms. The van der Waals surface area contributed by atoms with Crippen molar-refractivity contribution in [2.75, 3.05) is 37.4 Å². The van der Waals surface area contributed by atoms with Crippen LogP contribution >= 0.6 is 0 Å². The molecule has 35 heavy (non-hydrogen) atoms. The number of hydrogen-bond acceptors (Lipinski definition) is 6. The lowest BCUT2D eigenvalue weighted by Crippen LogP contribution is -2.38. The standard InChI is InChI=1S/C24H27N3O6S2/c1-18-8-14-22(15-9-18)35(31,32)27(20-10-12-21(33-4)13-11-20)17-24(28)25-19-6-5-7-23(16-19)34(29,30)26(2)3/h5-16H,17H2,1-4H3,(H,25,28). The Morgan fingerprint density at radius 2 is 1.49 bits per heavy atom. The molecule has 3 aromatic rings. The summed E-state index contributed by atoms with van der Waals surface area (Å²) in [5.74, 6) is -0.110. The van der Waals surface area contributed by atoms with Gasteiger partial charge in [0.25, 0.3) is 10.0 Å². The highest BCUT2D eigenvalue weighted by Crippen LogP contribution is 2.26. The summed E-state index contributed by atoms with van der Waals surface area (Å²) in [5.41, 5.74) is 1.39. The molecule has 1 amide bonds. The van der Waals surface area contributed by atoms with E-state index in [2.05, 4.69) is 5.32 Å². The smallest absolute Gasteiger partial charge is 0.264 e. The Bertz CT molecular complexity index is 1400. The first-order valence-corrected chi connectivity index (χ1v) is 13.4. The van der Waals surface area contributed by atoms with E-state index >= 15 is 0 Å². The van der Waals surface area contributed by atoms with E-state index in [0.717, 1.165) is 14.2 Å². The molecular formula is C24H27N3O6S2. The van der Waals surface area contributed by atoms with Crippen LogP contribution in [0.15, 0.2) is 82.6 Å². The van der Waals surface area contributed by atoms with Crippen LogP contribution in [0.4, 0.5) is 11.4 Å². The third-order valence-corrected chi connectivity index (χ3v) is 8.75. The van der Waals surface area contributed by atoms with Gasteiger partial charge in [-0.15, -0.1) is 0 Å². The number of carbonyl (C=O) groups is 1. The van der Waals surface area contributed by atoms with Crippen molar-refractivity contribution in [1.82, 2.24) is 4.31 Å². The van der Waals surface area contributed by atoms with Crippen LogP contribution < -0.4 is 14.4 Å². The SMILES string of the molecule is COc1ccc(N(CC(=O)Nc2cccc(S(=O)(=O)N(C)C)c2)S(=O)(=O)c2ccc(C)cc2)cc1. The van der Waals surface area contributed by atoms with Crippen LogP contribution in [-0.4, -0.2) is 54.8 Å². The lowest BCUT2D eigenvalue weighted by Gasteiger charge is -2.24. The lowest BCUT2D eigenvalue weighted by atomic mass is 10.2. The normalized spacial score (nSPS) is 11.8. The third kappa shape index (κ3) is 5.99. The van der Waals surface area contributed by atoms with Crippen molar-refractivity contribution in [2.45, 2.75) is 16.7 Å². The second-order valence-electron chi connectivity index (χ2n) is 7.89. The first-order chi connectivity index (χ1) is 16.4. The summed E-state index contributed by atoms with van der Waals surface area (Å²) in [6.07, 6.45) is 0. The van der Waals surface area contributed by atoms with Crippen LogP contribution in [0.3, 0.4) is 0 Å². The summed E-state index contributed by atoms with van der Waals surface area (Å²) in [5, 5.41) is 2.60. The van der Waals surface area contributed by atoms with Crippen LogP contribution in [0.2, 0.25) is 0 Å². The number of nitrogens with zero attached hydrogens (tertiary/aromatic N) is 2. The molecule has 3 rings (SSSR count). The fourth-order valence-corrected chi connectivity index (χ4v) is 5.55. The Morgan fingerprint density at radius 3 is 2.06 bits per heavy atom. The number of anilines is 2. The molecule has 3 aromatic carbocycles. The van der Waals surface area contributed by atoms with Crippen molar-refractivity contribution >= 4 is 37.3 Å².